The predicted molar refractivity (Wildman–Crippen MR) is 117 cm³/mol. The van der Waals surface area contributed by atoms with Gasteiger partial charge in [0.15, 0.2) is 0 Å². The van der Waals surface area contributed by atoms with Crippen LogP contribution in [0, 0.1) is 12.7 Å². The number of piperidine rings is 1. The van der Waals surface area contributed by atoms with Gasteiger partial charge in [-0.05, 0) is 6.92 Å². The van der Waals surface area contributed by atoms with Crippen LogP contribution >= 0.6 is 11.6 Å². The molecule has 1 aliphatic rings. The Morgan fingerprint density at radius 1 is 1.40 bits per heavy atom. The van der Waals surface area contributed by atoms with E-state index in [9.17, 15) is 9.18 Å². The maximum atomic E-state index is 14.7. The Morgan fingerprint density at radius 2 is 2.23 bits per heavy atom. The molecule has 3 aromatic rings. The first-order valence-corrected chi connectivity index (χ1v) is 11.1. The number of nitrogens with zero attached hydrogens (tertiary/aromatic N) is 3. The second-order valence-corrected chi connectivity index (χ2v) is 9.22. The molecule has 6 nitrogen and oxygen atoms in total. The SMILES string of the molecule is Cc1cc(-c2cnc(C(=O)Nc3cccc(F)c3N3CCC[C@@H]([As])C3)[nH]2)cc(Cl)n1. The molecule has 3 heterocycles. The van der Waals surface area contributed by atoms with Crippen LogP contribution in [0.2, 0.25) is 9.86 Å². The molecule has 0 spiro atoms. The molecule has 2 N–H and O–H groups in total. The molecule has 1 atom stereocenters. The van der Waals surface area contributed by atoms with Gasteiger partial charge in [0.1, 0.15) is 5.15 Å². The molecule has 1 amide bonds. The first-order valence-electron chi connectivity index (χ1n) is 9.63. The molecule has 2 aromatic heterocycles. The molecule has 0 bridgehead atoms. The summed E-state index contributed by atoms with van der Waals surface area (Å²) in [7, 11) is 0. The van der Waals surface area contributed by atoms with Gasteiger partial charge in [0.25, 0.3) is 0 Å². The number of para-hydroxylation sites is 1. The Kier molecular flexibility index (Phi) is 6.11. The molecule has 0 saturated carbocycles. The van der Waals surface area contributed by atoms with E-state index in [2.05, 4.69) is 37.1 Å². The van der Waals surface area contributed by atoms with Crippen LogP contribution in [0.4, 0.5) is 15.8 Å². The van der Waals surface area contributed by atoms with Gasteiger partial charge in [0, 0.05) is 5.69 Å². The maximum absolute atomic E-state index is 14.7. The fourth-order valence-corrected chi connectivity index (χ4v) is 4.69. The monoisotopic (exact) mass is 487 g/mol. The van der Waals surface area contributed by atoms with Crippen molar-refractivity contribution < 1.29 is 9.18 Å². The topological polar surface area (TPSA) is 73.9 Å². The fourth-order valence-electron chi connectivity index (χ4n) is 3.64. The molecule has 1 saturated heterocycles. The van der Waals surface area contributed by atoms with Crippen molar-refractivity contribution in [2.75, 3.05) is 23.3 Å². The van der Waals surface area contributed by atoms with Crippen molar-refractivity contribution >= 4 is 45.7 Å². The summed E-state index contributed by atoms with van der Waals surface area (Å²) < 4.78 is 15.1. The number of carbonyl (C=O) groups excluding carboxylic acids is 1. The van der Waals surface area contributed by atoms with Gasteiger partial charge in [-0.15, -0.1) is 0 Å². The first kappa shape index (κ1) is 20.9. The van der Waals surface area contributed by atoms with Gasteiger partial charge in [0.2, 0.25) is 0 Å². The molecular formula is C21H20AsClFN5O. The second kappa shape index (κ2) is 8.78. The summed E-state index contributed by atoms with van der Waals surface area (Å²) >= 11 is 8.67. The summed E-state index contributed by atoms with van der Waals surface area (Å²) in [4.78, 5) is 26.1. The molecule has 0 aliphatic carbocycles. The van der Waals surface area contributed by atoms with E-state index in [0.29, 0.717) is 26.9 Å². The minimum atomic E-state index is -0.439. The number of aryl methyl sites for hydroxylation is 1. The number of nitrogens with one attached hydrogen (secondary N) is 2. The van der Waals surface area contributed by atoms with Gasteiger partial charge < -0.3 is 0 Å². The number of amides is 1. The third-order valence-electron chi connectivity index (χ3n) is 4.97. The van der Waals surface area contributed by atoms with E-state index in [1.165, 1.54) is 6.07 Å². The average Bonchev–Trinajstić information content (AvgIpc) is 3.18. The number of benzene rings is 1. The van der Waals surface area contributed by atoms with Crippen molar-refractivity contribution in [3.05, 3.63) is 59.0 Å². The van der Waals surface area contributed by atoms with E-state index in [1.807, 2.05) is 17.9 Å². The Hall–Kier alpha value is -2.37. The third kappa shape index (κ3) is 4.52. The van der Waals surface area contributed by atoms with E-state index in [1.54, 1.807) is 24.4 Å². The molecule has 154 valence electrons. The molecule has 1 fully saturated rings. The molecule has 1 aromatic carbocycles. The van der Waals surface area contributed by atoms with E-state index < -0.39 is 5.91 Å². The summed E-state index contributed by atoms with van der Waals surface area (Å²) in [5, 5.41) is 3.17. The van der Waals surface area contributed by atoms with Crippen LogP contribution in [0.15, 0.2) is 36.5 Å². The van der Waals surface area contributed by atoms with E-state index in [0.717, 1.165) is 37.2 Å². The number of hydrogen-bond donors (Lipinski definition) is 2. The molecule has 30 heavy (non-hydrogen) atoms. The number of aromatic nitrogens is 3. The standard InChI is InChI=1S/C21H20AsClFN5O/c1-12-8-13(9-18(23)26-12)17-10-25-20(27-17)21(30)28-16-6-2-5-15(24)19(16)29-7-3-4-14(22)11-29/h2,5-6,8-10,14H,3-4,7,11H2,1H3,(H,25,27)(H,28,30)/t14-/m1/s1. The number of halogens is 2. The molecule has 4 rings (SSSR count). The minimum Gasteiger partial charge on any atom is -0.241 e. The van der Waals surface area contributed by atoms with Gasteiger partial charge in [-0.1, -0.05) is 11.6 Å². The average molecular weight is 488 g/mol. The number of anilines is 2. The number of imidazole rings is 1. The minimum absolute atomic E-state index is 0.134. The van der Waals surface area contributed by atoms with E-state index in [-0.39, 0.29) is 11.6 Å². The summed E-state index contributed by atoms with van der Waals surface area (Å²) in [5.74, 6) is -0.656. The van der Waals surface area contributed by atoms with E-state index >= 15 is 0 Å². The van der Waals surface area contributed by atoms with Gasteiger partial charge in [0.05, 0.1) is 0 Å². The molecule has 2 radical (unpaired) electrons. The Balaban J connectivity index is 1.58. The number of aromatic amines is 1. The molecule has 9 heteroatoms. The van der Waals surface area contributed by atoms with Crippen molar-refractivity contribution in [2.24, 2.45) is 0 Å². The first-order chi connectivity index (χ1) is 14.4. The van der Waals surface area contributed by atoms with Crippen molar-refractivity contribution in [3.8, 4) is 11.3 Å². The van der Waals surface area contributed by atoms with Crippen molar-refractivity contribution in [3.63, 3.8) is 0 Å². The molecule has 1 aliphatic heterocycles. The number of pyridine rings is 1. The Labute approximate surface area is 187 Å². The number of H-pyrrole nitrogens is 1. The molecular weight excluding hydrogens is 468 g/mol. The summed E-state index contributed by atoms with van der Waals surface area (Å²) in [6.07, 6.45) is 3.65. The van der Waals surface area contributed by atoms with E-state index in [4.69, 9.17) is 11.6 Å². The van der Waals surface area contributed by atoms with Crippen LogP contribution in [0.5, 0.6) is 0 Å². The van der Waals surface area contributed by atoms with Gasteiger partial charge in [-0.2, -0.15) is 0 Å². The zero-order valence-corrected chi connectivity index (χ0v) is 19.0. The fraction of sp³-hybridized carbons (Fsp3) is 0.286. The van der Waals surface area contributed by atoms with Crippen LogP contribution in [0.3, 0.4) is 0 Å². The Bertz CT molecular complexity index is 1070. The quantitative estimate of drug-likeness (QED) is 0.423. The normalized spacial score (nSPS) is 16.5. The van der Waals surface area contributed by atoms with Gasteiger partial charge in [-0.25, -0.2) is 4.98 Å². The van der Waals surface area contributed by atoms with Crippen LogP contribution < -0.4 is 10.2 Å². The van der Waals surface area contributed by atoms with Crippen molar-refractivity contribution in [1.29, 1.82) is 0 Å². The smallest absolute Gasteiger partial charge is 0.241 e. The number of hydrogen-bond acceptors (Lipinski definition) is 4. The Morgan fingerprint density at radius 3 is 3.00 bits per heavy atom. The third-order valence-corrected chi connectivity index (χ3v) is 6.05. The van der Waals surface area contributed by atoms with Crippen LogP contribution in [-0.2, 0) is 0 Å². The van der Waals surface area contributed by atoms with Crippen molar-refractivity contribution in [1.82, 2.24) is 15.0 Å². The summed E-state index contributed by atoms with van der Waals surface area (Å²) in [5.41, 5.74) is 3.05. The zero-order chi connectivity index (χ0) is 21.3. The zero-order valence-electron chi connectivity index (χ0n) is 16.3. The number of carbonyl (C=O) groups is 1. The van der Waals surface area contributed by atoms with Crippen LogP contribution in [0.25, 0.3) is 11.3 Å². The predicted octanol–water partition coefficient (Wildman–Crippen LogP) is 4.38. The summed E-state index contributed by atoms with van der Waals surface area (Å²) in [6.45, 7) is 3.33. The van der Waals surface area contributed by atoms with Crippen LogP contribution in [0.1, 0.15) is 29.2 Å². The van der Waals surface area contributed by atoms with Gasteiger partial charge in [-0.3, -0.25) is 0 Å². The summed E-state index contributed by atoms with van der Waals surface area (Å²) in [6, 6.07) is 8.26. The van der Waals surface area contributed by atoms with Crippen molar-refractivity contribution in [2.45, 2.75) is 24.5 Å². The number of rotatable bonds is 4. The van der Waals surface area contributed by atoms with Gasteiger partial charge >= 0.3 is 154 Å². The second-order valence-electron chi connectivity index (χ2n) is 7.30. The molecule has 0 unspecified atom stereocenters. The van der Waals surface area contributed by atoms with Crippen LogP contribution in [-0.4, -0.2) is 50.8 Å².